The van der Waals surface area contributed by atoms with Gasteiger partial charge in [-0.25, -0.2) is 0 Å². The van der Waals surface area contributed by atoms with Crippen LogP contribution in [0.15, 0.2) is 30.3 Å². The first-order valence-corrected chi connectivity index (χ1v) is 5.62. The van der Waals surface area contributed by atoms with Gasteiger partial charge in [-0.3, -0.25) is 9.59 Å². The maximum absolute atomic E-state index is 11.5. The summed E-state index contributed by atoms with van der Waals surface area (Å²) in [5.41, 5.74) is 1.02. The van der Waals surface area contributed by atoms with Crippen LogP contribution >= 0.6 is 0 Å². The molecule has 5 heteroatoms. The summed E-state index contributed by atoms with van der Waals surface area (Å²) in [4.78, 5) is 32.5. The summed E-state index contributed by atoms with van der Waals surface area (Å²) in [5, 5.41) is 10.9. The molecule has 0 aliphatic heterocycles. The monoisotopic (exact) mass is 249 g/mol. The van der Waals surface area contributed by atoms with E-state index in [0.29, 0.717) is 12.7 Å². The lowest BCUT2D eigenvalue weighted by Gasteiger charge is -2.10. The van der Waals surface area contributed by atoms with E-state index in [4.69, 9.17) is 5.11 Å². The van der Waals surface area contributed by atoms with Crippen LogP contribution in [0.1, 0.15) is 18.4 Å². The summed E-state index contributed by atoms with van der Waals surface area (Å²) in [7, 11) is 0. The second-order valence-corrected chi connectivity index (χ2v) is 3.89. The average molecular weight is 249 g/mol. The van der Waals surface area contributed by atoms with E-state index in [1.54, 1.807) is 0 Å². The zero-order valence-corrected chi connectivity index (χ0v) is 9.83. The number of aryl methyl sites for hydroxylation is 1. The minimum absolute atomic E-state index is 0.230. The van der Waals surface area contributed by atoms with E-state index in [1.807, 2.05) is 30.3 Å². The fraction of sp³-hybridized carbons (Fsp3) is 0.308. The van der Waals surface area contributed by atoms with E-state index >= 15 is 0 Å². The fourth-order valence-electron chi connectivity index (χ4n) is 1.50. The smallest absolute Gasteiger partial charge is 0.305 e. The summed E-state index contributed by atoms with van der Waals surface area (Å²) in [5.74, 6) is -1.44. The van der Waals surface area contributed by atoms with Crippen molar-refractivity contribution in [2.75, 3.05) is 0 Å². The predicted octanol–water partition coefficient (Wildman–Crippen LogP) is 0.778. The highest BCUT2D eigenvalue weighted by atomic mass is 16.4. The Balaban J connectivity index is 2.37. The van der Waals surface area contributed by atoms with Crippen molar-refractivity contribution >= 4 is 18.2 Å². The highest BCUT2D eigenvalue weighted by molar-refractivity contribution is 5.82. The lowest BCUT2D eigenvalue weighted by atomic mass is 10.1. The van der Waals surface area contributed by atoms with Crippen molar-refractivity contribution in [2.45, 2.75) is 25.3 Å². The Kier molecular flexibility index (Phi) is 5.57. The molecule has 0 saturated carbocycles. The number of carboxylic acids is 1. The molecule has 1 aromatic rings. The van der Waals surface area contributed by atoms with Crippen LogP contribution in [0.3, 0.4) is 0 Å². The molecule has 1 rings (SSSR count). The van der Waals surface area contributed by atoms with Gasteiger partial charge >= 0.3 is 5.97 Å². The maximum atomic E-state index is 11.5. The number of nitrogens with one attached hydrogen (secondary N) is 1. The molecule has 1 aromatic carbocycles. The molecule has 18 heavy (non-hydrogen) atoms. The molecule has 0 aliphatic carbocycles. The van der Waals surface area contributed by atoms with Crippen molar-refractivity contribution in [2.24, 2.45) is 0 Å². The van der Waals surface area contributed by atoms with Crippen LogP contribution in [-0.4, -0.2) is 29.3 Å². The summed E-state index contributed by atoms with van der Waals surface area (Å²) in [6.45, 7) is 0. The molecule has 2 N–H and O–H groups in total. The number of hydrogen-bond donors (Lipinski definition) is 2. The Morgan fingerprint density at radius 2 is 1.94 bits per heavy atom. The highest BCUT2D eigenvalue weighted by Gasteiger charge is 2.14. The third-order valence-corrected chi connectivity index (χ3v) is 2.39. The van der Waals surface area contributed by atoms with Gasteiger partial charge < -0.3 is 15.2 Å². The van der Waals surface area contributed by atoms with Gasteiger partial charge in [-0.15, -0.1) is 0 Å². The van der Waals surface area contributed by atoms with Crippen molar-refractivity contribution in [3.05, 3.63) is 35.9 Å². The average Bonchev–Trinajstić information content (AvgIpc) is 2.36. The largest absolute Gasteiger partial charge is 0.481 e. The molecular formula is C13H15NO4. The highest BCUT2D eigenvalue weighted by Crippen LogP contribution is 2.02. The van der Waals surface area contributed by atoms with Gasteiger partial charge in [0.05, 0.1) is 12.5 Å². The topological polar surface area (TPSA) is 83.5 Å². The van der Waals surface area contributed by atoms with E-state index in [-0.39, 0.29) is 18.7 Å². The fourth-order valence-corrected chi connectivity index (χ4v) is 1.50. The molecule has 0 saturated heterocycles. The van der Waals surface area contributed by atoms with Gasteiger partial charge in [-0.1, -0.05) is 30.3 Å². The predicted molar refractivity (Wildman–Crippen MR) is 65.0 cm³/mol. The van der Waals surface area contributed by atoms with Crippen molar-refractivity contribution in [1.82, 2.24) is 5.32 Å². The Labute approximate surface area is 105 Å². The van der Waals surface area contributed by atoms with Crippen LogP contribution < -0.4 is 5.32 Å². The molecule has 96 valence electrons. The molecule has 1 atom stereocenters. The second-order valence-electron chi connectivity index (χ2n) is 3.89. The van der Waals surface area contributed by atoms with E-state index in [2.05, 4.69) is 5.32 Å². The van der Waals surface area contributed by atoms with Crippen LogP contribution in [0.2, 0.25) is 0 Å². The molecule has 1 amide bonds. The first-order chi connectivity index (χ1) is 8.61. The Hall–Kier alpha value is -2.17. The Morgan fingerprint density at radius 3 is 2.50 bits per heavy atom. The number of hydrogen-bond acceptors (Lipinski definition) is 3. The molecule has 0 radical (unpaired) electrons. The zero-order valence-electron chi connectivity index (χ0n) is 9.83. The molecule has 0 fully saturated rings. The second kappa shape index (κ2) is 7.21. The molecule has 0 heterocycles. The quantitative estimate of drug-likeness (QED) is 0.699. The molecule has 0 spiro atoms. The van der Waals surface area contributed by atoms with Gasteiger partial charge in [0.1, 0.15) is 6.29 Å². The SMILES string of the molecule is O=CC(CC(=O)O)NC(=O)CCc1ccccc1. The number of carbonyl (C=O) groups is 3. The number of benzene rings is 1. The zero-order chi connectivity index (χ0) is 13.4. The minimum Gasteiger partial charge on any atom is -0.481 e. The molecular weight excluding hydrogens is 234 g/mol. The van der Waals surface area contributed by atoms with E-state index in [9.17, 15) is 14.4 Å². The third-order valence-electron chi connectivity index (χ3n) is 2.39. The van der Waals surface area contributed by atoms with Crippen molar-refractivity contribution in [3.63, 3.8) is 0 Å². The summed E-state index contributed by atoms with van der Waals surface area (Å²) < 4.78 is 0. The number of carbonyl (C=O) groups excluding carboxylic acids is 2. The summed E-state index contributed by atoms with van der Waals surface area (Å²) >= 11 is 0. The van der Waals surface area contributed by atoms with Gasteiger partial charge in [0.15, 0.2) is 0 Å². The van der Waals surface area contributed by atoms with E-state index < -0.39 is 12.0 Å². The van der Waals surface area contributed by atoms with Gasteiger partial charge in [-0.05, 0) is 12.0 Å². The lowest BCUT2D eigenvalue weighted by molar-refractivity contribution is -0.138. The van der Waals surface area contributed by atoms with Crippen molar-refractivity contribution < 1.29 is 19.5 Å². The normalized spacial score (nSPS) is 11.6. The molecule has 0 aliphatic rings. The molecule has 0 bridgehead atoms. The summed E-state index contributed by atoms with van der Waals surface area (Å²) in [6.07, 6.45) is 0.842. The maximum Gasteiger partial charge on any atom is 0.305 e. The molecule has 5 nitrogen and oxygen atoms in total. The van der Waals surface area contributed by atoms with Crippen molar-refractivity contribution in [1.29, 1.82) is 0 Å². The Morgan fingerprint density at radius 1 is 1.28 bits per heavy atom. The molecule has 1 unspecified atom stereocenters. The minimum atomic E-state index is -1.12. The first kappa shape index (κ1) is 13.9. The van der Waals surface area contributed by atoms with Crippen molar-refractivity contribution in [3.8, 4) is 0 Å². The van der Waals surface area contributed by atoms with Crippen LogP contribution in [0, 0.1) is 0 Å². The summed E-state index contributed by atoms with van der Waals surface area (Å²) in [6, 6.07) is 8.51. The number of aliphatic carboxylic acids is 1. The molecule has 0 aromatic heterocycles. The van der Waals surface area contributed by atoms with Gasteiger partial charge in [0, 0.05) is 6.42 Å². The van der Waals surface area contributed by atoms with Crippen LogP contribution in [0.25, 0.3) is 0 Å². The van der Waals surface area contributed by atoms with Gasteiger partial charge in [0.2, 0.25) is 5.91 Å². The number of aldehydes is 1. The number of amides is 1. The Bertz CT molecular complexity index is 416. The standard InChI is InChI=1S/C13H15NO4/c15-9-11(8-13(17)18)14-12(16)7-6-10-4-2-1-3-5-10/h1-5,9,11H,6-8H2,(H,14,16)(H,17,18). The van der Waals surface area contributed by atoms with Crippen LogP contribution in [-0.2, 0) is 20.8 Å². The first-order valence-electron chi connectivity index (χ1n) is 5.62. The number of carboxylic acid groups (broad SMARTS) is 1. The van der Waals surface area contributed by atoms with E-state index in [1.165, 1.54) is 0 Å². The number of rotatable bonds is 7. The van der Waals surface area contributed by atoms with Gasteiger partial charge in [0.25, 0.3) is 0 Å². The van der Waals surface area contributed by atoms with Crippen LogP contribution in [0.5, 0.6) is 0 Å². The van der Waals surface area contributed by atoms with E-state index in [0.717, 1.165) is 5.56 Å². The van der Waals surface area contributed by atoms with Gasteiger partial charge in [-0.2, -0.15) is 0 Å². The van der Waals surface area contributed by atoms with Crippen LogP contribution in [0.4, 0.5) is 0 Å². The third kappa shape index (κ3) is 5.25. The lowest BCUT2D eigenvalue weighted by Crippen LogP contribution is -2.37.